The Hall–Kier alpha value is -1.84. The van der Waals surface area contributed by atoms with Crippen LogP contribution < -0.4 is 5.32 Å². The molecule has 0 rings (SSSR count). The summed E-state index contributed by atoms with van der Waals surface area (Å²) in [5.74, 6) is 0. The van der Waals surface area contributed by atoms with Crippen LogP contribution in [0.15, 0.2) is 0 Å². The van der Waals surface area contributed by atoms with Gasteiger partial charge in [-0.2, -0.15) is 0 Å². The smallest absolute Gasteiger partial charge is 0.437 e. The predicted molar refractivity (Wildman–Crippen MR) is 116 cm³/mol. The molecule has 0 bridgehead atoms. The number of nitrogens with zero attached hydrogens (tertiary/aromatic N) is 2. The van der Waals surface area contributed by atoms with Crippen LogP contribution in [-0.2, 0) is 27.9 Å². The molecule has 3 amide bonds. The molecular formula is C19H38N3O8P. The summed E-state index contributed by atoms with van der Waals surface area (Å²) in [5.41, 5.74) is -1.40. The first-order valence-corrected chi connectivity index (χ1v) is 11.7. The minimum atomic E-state index is -3.83. The van der Waals surface area contributed by atoms with Gasteiger partial charge in [0.15, 0.2) is 0 Å². The molecule has 0 spiro atoms. The maximum atomic E-state index is 12.8. The third-order valence-electron chi connectivity index (χ3n) is 3.32. The summed E-state index contributed by atoms with van der Waals surface area (Å²) in [6.45, 7) is 13.8. The maximum absolute atomic E-state index is 12.8. The normalized spacial score (nSPS) is 12.1. The van der Waals surface area contributed by atoms with Crippen molar-refractivity contribution in [2.24, 2.45) is 0 Å². The number of hydrogen-bond acceptors (Lipinski definition) is 8. The molecule has 0 aliphatic heterocycles. The Morgan fingerprint density at radius 2 is 1.42 bits per heavy atom. The summed E-state index contributed by atoms with van der Waals surface area (Å²) in [6, 6.07) is 0. The van der Waals surface area contributed by atoms with E-state index in [1.54, 1.807) is 55.4 Å². The van der Waals surface area contributed by atoms with Crippen LogP contribution in [0.25, 0.3) is 0 Å². The number of amides is 3. The standard InChI is InChI=1S/C19H38N3O8P/c1-9-27-31(26,28-10-2)22(15-23)14-13-21(17(25)30-19(6,7)8)12-11-20-16(24)29-18(3,4)5/h15H,9-14H2,1-8H3,(H,20,24). The van der Waals surface area contributed by atoms with Gasteiger partial charge in [-0.25, -0.2) is 18.8 Å². The Kier molecular flexibility index (Phi) is 12.1. The van der Waals surface area contributed by atoms with Crippen molar-refractivity contribution in [3.8, 4) is 0 Å². The van der Waals surface area contributed by atoms with Crippen LogP contribution in [0.1, 0.15) is 55.4 Å². The summed E-state index contributed by atoms with van der Waals surface area (Å²) < 4.78 is 34.6. The Labute approximate surface area is 185 Å². The van der Waals surface area contributed by atoms with Crippen LogP contribution in [0.2, 0.25) is 0 Å². The lowest BCUT2D eigenvalue weighted by atomic mass is 10.2. The van der Waals surface area contributed by atoms with E-state index in [0.717, 1.165) is 4.67 Å². The molecule has 0 aromatic heterocycles. The molecule has 0 saturated heterocycles. The van der Waals surface area contributed by atoms with E-state index >= 15 is 0 Å². The highest BCUT2D eigenvalue weighted by Gasteiger charge is 2.33. The number of carbonyl (C=O) groups is 3. The summed E-state index contributed by atoms with van der Waals surface area (Å²) in [6.07, 6.45) is -0.909. The fourth-order valence-electron chi connectivity index (χ4n) is 2.20. The van der Waals surface area contributed by atoms with E-state index in [2.05, 4.69) is 5.32 Å². The van der Waals surface area contributed by atoms with Gasteiger partial charge in [0.1, 0.15) is 11.2 Å². The van der Waals surface area contributed by atoms with E-state index in [1.165, 1.54) is 4.90 Å². The highest BCUT2D eigenvalue weighted by Crippen LogP contribution is 2.50. The van der Waals surface area contributed by atoms with Gasteiger partial charge in [-0.1, -0.05) is 0 Å². The van der Waals surface area contributed by atoms with Crippen LogP contribution in [0.5, 0.6) is 0 Å². The number of nitrogens with one attached hydrogen (secondary N) is 1. The van der Waals surface area contributed by atoms with Gasteiger partial charge in [0.05, 0.1) is 13.2 Å². The quantitative estimate of drug-likeness (QED) is 0.342. The molecule has 31 heavy (non-hydrogen) atoms. The fraction of sp³-hybridized carbons (Fsp3) is 0.842. The average Bonchev–Trinajstić information content (AvgIpc) is 2.57. The molecule has 0 aliphatic rings. The molecular weight excluding hydrogens is 429 g/mol. The van der Waals surface area contributed by atoms with E-state index in [0.29, 0.717) is 6.41 Å². The van der Waals surface area contributed by atoms with Crippen molar-refractivity contribution in [2.75, 3.05) is 39.4 Å². The van der Waals surface area contributed by atoms with Crippen LogP contribution in [-0.4, -0.2) is 78.8 Å². The minimum absolute atomic E-state index is 0.0200. The molecule has 0 aromatic rings. The van der Waals surface area contributed by atoms with Crippen LogP contribution in [0.4, 0.5) is 9.59 Å². The van der Waals surface area contributed by atoms with E-state index in [1.807, 2.05) is 0 Å². The summed E-state index contributed by atoms with van der Waals surface area (Å²) in [4.78, 5) is 37.2. The molecule has 12 heteroatoms. The number of alkyl carbamates (subject to hydrolysis) is 1. The Bertz CT molecular complexity index is 621. The molecule has 182 valence electrons. The lowest BCUT2D eigenvalue weighted by Gasteiger charge is -2.31. The first kappa shape index (κ1) is 29.2. The van der Waals surface area contributed by atoms with Crippen molar-refractivity contribution in [2.45, 2.75) is 66.6 Å². The second-order valence-corrected chi connectivity index (χ2v) is 10.4. The summed E-state index contributed by atoms with van der Waals surface area (Å²) in [5, 5.41) is 2.56. The molecule has 0 saturated carbocycles. The zero-order valence-electron chi connectivity index (χ0n) is 19.9. The van der Waals surface area contributed by atoms with Crippen LogP contribution in [0, 0.1) is 0 Å². The first-order valence-electron chi connectivity index (χ1n) is 10.2. The molecule has 1 N–H and O–H groups in total. The summed E-state index contributed by atoms with van der Waals surface area (Å²) >= 11 is 0. The van der Waals surface area contributed by atoms with Crippen molar-refractivity contribution < 1.29 is 37.5 Å². The van der Waals surface area contributed by atoms with E-state index in [-0.39, 0.29) is 39.4 Å². The molecule has 0 fully saturated rings. The highest BCUT2D eigenvalue weighted by molar-refractivity contribution is 7.51. The van der Waals surface area contributed by atoms with Crippen molar-refractivity contribution >= 4 is 26.3 Å². The Morgan fingerprint density at radius 3 is 1.84 bits per heavy atom. The molecule has 0 unspecified atom stereocenters. The lowest BCUT2D eigenvalue weighted by molar-refractivity contribution is -0.115. The largest absolute Gasteiger partial charge is 0.444 e. The van der Waals surface area contributed by atoms with Crippen LogP contribution >= 0.6 is 7.75 Å². The van der Waals surface area contributed by atoms with Crippen molar-refractivity contribution in [3.63, 3.8) is 0 Å². The van der Waals surface area contributed by atoms with Gasteiger partial charge in [0, 0.05) is 26.2 Å². The number of ether oxygens (including phenoxy) is 2. The molecule has 0 radical (unpaired) electrons. The molecule has 11 nitrogen and oxygen atoms in total. The van der Waals surface area contributed by atoms with Gasteiger partial charge in [0.25, 0.3) is 0 Å². The van der Waals surface area contributed by atoms with Gasteiger partial charge in [-0.3, -0.25) is 13.8 Å². The Morgan fingerprint density at radius 1 is 0.903 bits per heavy atom. The lowest BCUT2D eigenvalue weighted by Crippen LogP contribution is -2.45. The fourth-order valence-corrected chi connectivity index (χ4v) is 3.67. The number of carbonyl (C=O) groups excluding carboxylic acids is 3. The van der Waals surface area contributed by atoms with Gasteiger partial charge in [-0.15, -0.1) is 0 Å². The highest BCUT2D eigenvalue weighted by atomic mass is 31.2. The summed E-state index contributed by atoms with van der Waals surface area (Å²) in [7, 11) is -3.83. The average molecular weight is 468 g/mol. The molecule has 0 atom stereocenters. The maximum Gasteiger partial charge on any atom is 0.437 e. The van der Waals surface area contributed by atoms with E-state index in [9.17, 15) is 18.9 Å². The van der Waals surface area contributed by atoms with Gasteiger partial charge in [-0.05, 0) is 55.4 Å². The van der Waals surface area contributed by atoms with Gasteiger partial charge >= 0.3 is 19.9 Å². The number of rotatable bonds is 12. The first-order chi connectivity index (χ1) is 14.2. The second kappa shape index (κ2) is 12.9. The molecule has 0 heterocycles. The van der Waals surface area contributed by atoms with E-state index < -0.39 is 31.1 Å². The number of hydrogen-bond donors (Lipinski definition) is 1. The van der Waals surface area contributed by atoms with Crippen molar-refractivity contribution in [1.82, 2.24) is 14.9 Å². The third-order valence-corrected chi connectivity index (χ3v) is 5.41. The second-order valence-electron chi connectivity index (χ2n) is 8.47. The third kappa shape index (κ3) is 12.6. The topological polar surface area (TPSA) is 124 Å². The molecule has 0 aliphatic carbocycles. The SMILES string of the molecule is CCOP(=O)(OCC)N(C=O)CCN(CCNC(=O)OC(C)(C)C)C(=O)OC(C)(C)C. The molecule has 0 aromatic carbocycles. The van der Waals surface area contributed by atoms with E-state index in [4.69, 9.17) is 18.5 Å². The zero-order chi connectivity index (χ0) is 24.3. The predicted octanol–water partition coefficient (Wildman–Crippen LogP) is 3.39. The zero-order valence-corrected chi connectivity index (χ0v) is 20.8. The van der Waals surface area contributed by atoms with Crippen molar-refractivity contribution in [1.29, 1.82) is 0 Å². The minimum Gasteiger partial charge on any atom is -0.444 e. The monoisotopic (exact) mass is 467 g/mol. The van der Waals surface area contributed by atoms with Gasteiger partial charge < -0.3 is 19.7 Å². The Balaban J connectivity index is 5.20. The van der Waals surface area contributed by atoms with Crippen molar-refractivity contribution in [3.05, 3.63) is 0 Å². The van der Waals surface area contributed by atoms with Crippen LogP contribution in [0.3, 0.4) is 0 Å². The van der Waals surface area contributed by atoms with Gasteiger partial charge in [0.2, 0.25) is 6.41 Å².